The van der Waals surface area contributed by atoms with Gasteiger partial charge in [-0.2, -0.15) is 0 Å². The molecule has 1 heterocycles. The van der Waals surface area contributed by atoms with Crippen LogP contribution in [0.15, 0.2) is 24.3 Å². The Morgan fingerprint density at radius 3 is 2.70 bits per heavy atom. The molecule has 20 heavy (non-hydrogen) atoms. The molecule has 1 N–H and O–H groups in total. The third-order valence-electron chi connectivity index (χ3n) is 4.23. The van der Waals surface area contributed by atoms with Crippen molar-refractivity contribution >= 4 is 11.4 Å². The van der Waals surface area contributed by atoms with Gasteiger partial charge in [0.1, 0.15) is 0 Å². The van der Waals surface area contributed by atoms with Crippen LogP contribution >= 0.6 is 0 Å². The highest BCUT2D eigenvalue weighted by Crippen LogP contribution is 2.32. The summed E-state index contributed by atoms with van der Waals surface area (Å²) in [5.41, 5.74) is 2.69. The summed E-state index contributed by atoms with van der Waals surface area (Å²) in [7, 11) is 4.25. The average molecular weight is 275 g/mol. The van der Waals surface area contributed by atoms with E-state index in [1.54, 1.807) is 0 Å². The van der Waals surface area contributed by atoms with E-state index in [9.17, 15) is 0 Å². The van der Waals surface area contributed by atoms with Crippen molar-refractivity contribution in [3.63, 3.8) is 0 Å². The summed E-state index contributed by atoms with van der Waals surface area (Å²) in [6.45, 7) is 6.88. The first-order chi connectivity index (χ1) is 9.63. The molecule has 0 spiro atoms. The van der Waals surface area contributed by atoms with E-state index in [2.05, 4.69) is 67.3 Å². The van der Waals surface area contributed by atoms with Gasteiger partial charge in [0, 0.05) is 32.7 Å². The topological polar surface area (TPSA) is 18.5 Å². The van der Waals surface area contributed by atoms with Crippen molar-refractivity contribution in [3.8, 4) is 0 Å². The fourth-order valence-corrected chi connectivity index (χ4v) is 3.15. The molecule has 1 saturated heterocycles. The zero-order chi connectivity index (χ0) is 14.5. The largest absolute Gasteiger partial charge is 0.376 e. The number of rotatable bonds is 5. The summed E-state index contributed by atoms with van der Waals surface area (Å²) >= 11 is 0. The van der Waals surface area contributed by atoms with Crippen LogP contribution in [0.3, 0.4) is 0 Å². The molecule has 1 aliphatic rings. The molecule has 2 unspecified atom stereocenters. The minimum absolute atomic E-state index is 0.596. The summed E-state index contributed by atoms with van der Waals surface area (Å²) in [4.78, 5) is 4.78. The standard InChI is InChI=1S/C17H29N3/c1-5-11-18-15-10-12-20(14(2)13-15)17-9-7-6-8-16(17)19(3)4/h6-9,14-15,18H,5,10-13H2,1-4H3. The molecule has 0 saturated carbocycles. The van der Waals surface area contributed by atoms with Crippen LogP contribution in [0.25, 0.3) is 0 Å². The van der Waals surface area contributed by atoms with Crippen LogP contribution < -0.4 is 15.1 Å². The molecule has 0 bridgehead atoms. The van der Waals surface area contributed by atoms with Crippen molar-refractivity contribution in [2.75, 3.05) is 37.0 Å². The molecule has 1 aromatic rings. The summed E-state index contributed by atoms with van der Waals surface area (Å²) < 4.78 is 0. The number of nitrogens with one attached hydrogen (secondary N) is 1. The molecule has 1 aliphatic heterocycles. The first-order valence-electron chi connectivity index (χ1n) is 7.89. The number of para-hydroxylation sites is 2. The molecule has 2 rings (SSSR count). The SMILES string of the molecule is CCCNC1CCN(c2ccccc2N(C)C)C(C)C1. The summed E-state index contributed by atoms with van der Waals surface area (Å²) in [6, 6.07) is 10.0. The molecule has 2 atom stereocenters. The first kappa shape index (κ1) is 15.2. The Balaban J connectivity index is 2.08. The predicted molar refractivity (Wildman–Crippen MR) is 88.9 cm³/mol. The van der Waals surface area contributed by atoms with E-state index in [1.807, 2.05) is 0 Å². The Morgan fingerprint density at radius 1 is 1.30 bits per heavy atom. The number of hydrogen-bond acceptors (Lipinski definition) is 3. The van der Waals surface area contributed by atoms with Gasteiger partial charge in [0.25, 0.3) is 0 Å². The molecule has 0 radical (unpaired) electrons. The number of piperidine rings is 1. The third-order valence-corrected chi connectivity index (χ3v) is 4.23. The average Bonchev–Trinajstić information content (AvgIpc) is 2.45. The summed E-state index contributed by atoms with van der Waals surface area (Å²) in [5.74, 6) is 0. The maximum absolute atomic E-state index is 3.67. The molecular formula is C17H29N3. The summed E-state index contributed by atoms with van der Waals surface area (Å²) in [6.07, 6.45) is 3.70. The smallest absolute Gasteiger partial charge is 0.0606 e. The van der Waals surface area contributed by atoms with Crippen LogP contribution in [0.5, 0.6) is 0 Å². The van der Waals surface area contributed by atoms with E-state index < -0.39 is 0 Å². The first-order valence-corrected chi connectivity index (χ1v) is 7.89. The lowest BCUT2D eigenvalue weighted by molar-refractivity contribution is 0.369. The molecule has 0 aromatic heterocycles. The molecule has 112 valence electrons. The number of hydrogen-bond donors (Lipinski definition) is 1. The van der Waals surface area contributed by atoms with Gasteiger partial charge in [0.05, 0.1) is 11.4 Å². The lowest BCUT2D eigenvalue weighted by Gasteiger charge is -2.41. The van der Waals surface area contributed by atoms with Crippen molar-refractivity contribution in [3.05, 3.63) is 24.3 Å². The van der Waals surface area contributed by atoms with Crippen LogP contribution in [0.4, 0.5) is 11.4 Å². The van der Waals surface area contributed by atoms with E-state index in [1.165, 1.54) is 30.6 Å². The second-order valence-corrected chi connectivity index (χ2v) is 6.10. The zero-order valence-electron chi connectivity index (χ0n) is 13.4. The van der Waals surface area contributed by atoms with Gasteiger partial charge in [0.2, 0.25) is 0 Å². The Kier molecular flexibility index (Phi) is 5.30. The second kappa shape index (κ2) is 6.98. The van der Waals surface area contributed by atoms with Gasteiger partial charge in [-0.3, -0.25) is 0 Å². The molecule has 0 aliphatic carbocycles. The predicted octanol–water partition coefficient (Wildman–Crippen LogP) is 3.11. The van der Waals surface area contributed by atoms with Crippen LogP contribution in [0.2, 0.25) is 0 Å². The monoisotopic (exact) mass is 275 g/mol. The van der Waals surface area contributed by atoms with Crippen molar-refractivity contribution in [2.24, 2.45) is 0 Å². The molecule has 3 nitrogen and oxygen atoms in total. The molecule has 1 aromatic carbocycles. The van der Waals surface area contributed by atoms with Gasteiger partial charge in [-0.15, -0.1) is 0 Å². The molecular weight excluding hydrogens is 246 g/mol. The van der Waals surface area contributed by atoms with Crippen LogP contribution in [0.1, 0.15) is 33.1 Å². The van der Waals surface area contributed by atoms with E-state index in [4.69, 9.17) is 0 Å². The Morgan fingerprint density at radius 2 is 2.05 bits per heavy atom. The molecule has 0 amide bonds. The normalized spacial score (nSPS) is 22.9. The van der Waals surface area contributed by atoms with Crippen LogP contribution in [-0.2, 0) is 0 Å². The van der Waals surface area contributed by atoms with Crippen molar-refractivity contribution < 1.29 is 0 Å². The summed E-state index contributed by atoms with van der Waals surface area (Å²) in [5, 5.41) is 3.67. The fourth-order valence-electron chi connectivity index (χ4n) is 3.15. The van der Waals surface area contributed by atoms with Crippen LogP contribution in [0, 0.1) is 0 Å². The van der Waals surface area contributed by atoms with Gasteiger partial charge in [-0.1, -0.05) is 19.1 Å². The Labute approximate surface area is 124 Å². The van der Waals surface area contributed by atoms with E-state index in [0.29, 0.717) is 12.1 Å². The molecule has 3 heteroatoms. The van der Waals surface area contributed by atoms with Gasteiger partial charge >= 0.3 is 0 Å². The highest BCUT2D eigenvalue weighted by molar-refractivity contribution is 5.71. The number of nitrogens with zero attached hydrogens (tertiary/aromatic N) is 2. The minimum Gasteiger partial charge on any atom is -0.376 e. The third kappa shape index (κ3) is 3.45. The second-order valence-electron chi connectivity index (χ2n) is 6.10. The molecule has 1 fully saturated rings. The van der Waals surface area contributed by atoms with Gasteiger partial charge in [-0.25, -0.2) is 0 Å². The Hall–Kier alpha value is -1.22. The quantitative estimate of drug-likeness (QED) is 0.891. The lowest BCUT2D eigenvalue weighted by atomic mass is 9.97. The van der Waals surface area contributed by atoms with Crippen molar-refractivity contribution in [2.45, 2.75) is 45.2 Å². The van der Waals surface area contributed by atoms with Crippen molar-refractivity contribution in [1.29, 1.82) is 0 Å². The highest BCUT2D eigenvalue weighted by atomic mass is 15.2. The van der Waals surface area contributed by atoms with E-state index >= 15 is 0 Å². The van der Waals surface area contributed by atoms with Crippen molar-refractivity contribution in [1.82, 2.24) is 5.32 Å². The number of benzene rings is 1. The maximum Gasteiger partial charge on any atom is 0.0606 e. The van der Waals surface area contributed by atoms with E-state index in [-0.39, 0.29) is 0 Å². The Bertz CT molecular complexity index is 416. The minimum atomic E-state index is 0.596. The maximum atomic E-state index is 3.67. The highest BCUT2D eigenvalue weighted by Gasteiger charge is 2.26. The number of anilines is 2. The fraction of sp³-hybridized carbons (Fsp3) is 0.647. The van der Waals surface area contributed by atoms with Gasteiger partial charge in [0.15, 0.2) is 0 Å². The van der Waals surface area contributed by atoms with Crippen LogP contribution in [-0.4, -0.2) is 39.3 Å². The van der Waals surface area contributed by atoms with E-state index in [0.717, 1.165) is 13.1 Å². The zero-order valence-corrected chi connectivity index (χ0v) is 13.4. The van der Waals surface area contributed by atoms with Gasteiger partial charge in [-0.05, 0) is 44.9 Å². The van der Waals surface area contributed by atoms with Gasteiger partial charge < -0.3 is 15.1 Å². The lowest BCUT2D eigenvalue weighted by Crippen LogP contribution is -2.48.